The Morgan fingerprint density at radius 3 is 3.00 bits per heavy atom. The lowest BCUT2D eigenvalue weighted by molar-refractivity contribution is 0.184. The second kappa shape index (κ2) is 6.41. The zero-order valence-corrected chi connectivity index (χ0v) is 11.7. The molecule has 6 nitrogen and oxygen atoms in total. The van der Waals surface area contributed by atoms with Crippen LogP contribution >= 0.6 is 0 Å². The summed E-state index contributed by atoms with van der Waals surface area (Å²) in [5.74, 6) is 0. The van der Waals surface area contributed by atoms with Crippen molar-refractivity contribution < 1.29 is 9.53 Å². The molecule has 6 heteroatoms. The van der Waals surface area contributed by atoms with Crippen molar-refractivity contribution in [2.45, 2.75) is 19.0 Å². The van der Waals surface area contributed by atoms with Gasteiger partial charge in [-0.1, -0.05) is 30.3 Å². The van der Waals surface area contributed by atoms with E-state index in [0.29, 0.717) is 18.8 Å². The van der Waals surface area contributed by atoms with Gasteiger partial charge in [0.2, 0.25) is 0 Å². The molecule has 0 unspecified atom stereocenters. The van der Waals surface area contributed by atoms with Crippen molar-refractivity contribution in [3.05, 3.63) is 48.3 Å². The fourth-order valence-corrected chi connectivity index (χ4v) is 2.29. The summed E-state index contributed by atoms with van der Waals surface area (Å²) >= 11 is 0. The SMILES string of the molecule is O=C(NCc1ccccc1)Nc1cnn([C@@H]2CCOC2)c1. The Kier molecular flexibility index (Phi) is 4.16. The van der Waals surface area contributed by atoms with Crippen molar-refractivity contribution in [3.63, 3.8) is 0 Å². The average molecular weight is 286 g/mol. The third-order valence-electron chi connectivity index (χ3n) is 3.44. The summed E-state index contributed by atoms with van der Waals surface area (Å²) in [5, 5.41) is 9.86. The number of rotatable bonds is 4. The Morgan fingerprint density at radius 2 is 2.24 bits per heavy atom. The van der Waals surface area contributed by atoms with Gasteiger partial charge in [0, 0.05) is 19.3 Å². The molecule has 1 saturated heterocycles. The Bertz CT molecular complexity index is 591. The molecule has 0 bridgehead atoms. The number of nitrogens with zero attached hydrogens (tertiary/aromatic N) is 2. The van der Waals surface area contributed by atoms with Crippen LogP contribution in [0.1, 0.15) is 18.0 Å². The number of aromatic nitrogens is 2. The smallest absolute Gasteiger partial charge is 0.319 e. The highest BCUT2D eigenvalue weighted by atomic mass is 16.5. The molecule has 0 radical (unpaired) electrons. The molecule has 0 spiro atoms. The second-order valence-electron chi connectivity index (χ2n) is 5.02. The van der Waals surface area contributed by atoms with Crippen LogP contribution in [0.4, 0.5) is 10.5 Å². The van der Waals surface area contributed by atoms with Crippen molar-refractivity contribution >= 4 is 11.7 Å². The minimum Gasteiger partial charge on any atom is -0.379 e. The number of carbonyl (C=O) groups excluding carboxylic acids is 1. The minimum absolute atomic E-state index is 0.235. The number of benzene rings is 1. The number of urea groups is 1. The highest BCUT2D eigenvalue weighted by Gasteiger charge is 2.18. The number of anilines is 1. The molecule has 2 aromatic rings. The fourth-order valence-electron chi connectivity index (χ4n) is 2.29. The lowest BCUT2D eigenvalue weighted by Gasteiger charge is -2.07. The van der Waals surface area contributed by atoms with Crippen LogP contribution in [-0.4, -0.2) is 29.0 Å². The fraction of sp³-hybridized carbons (Fsp3) is 0.333. The number of nitrogens with one attached hydrogen (secondary N) is 2. The summed E-state index contributed by atoms with van der Waals surface area (Å²) in [5.41, 5.74) is 1.75. The Balaban J connectivity index is 1.50. The predicted molar refractivity (Wildman–Crippen MR) is 79.0 cm³/mol. The van der Waals surface area contributed by atoms with Gasteiger partial charge in [-0.15, -0.1) is 0 Å². The summed E-state index contributed by atoms with van der Waals surface area (Å²) < 4.78 is 7.18. The van der Waals surface area contributed by atoms with Gasteiger partial charge in [-0.25, -0.2) is 4.79 Å². The van der Waals surface area contributed by atoms with E-state index in [1.54, 1.807) is 6.20 Å². The maximum Gasteiger partial charge on any atom is 0.319 e. The molecule has 1 aliphatic heterocycles. The zero-order chi connectivity index (χ0) is 14.5. The largest absolute Gasteiger partial charge is 0.379 e. The number of hydrogen-bond donors (Lipinski definition) is 2. The monoisotopic (exact) mass is 286 g/mol. The molecule has 1 atom stereocenters. The first-order valence-electron chi connectivity index (χ1n) is 7.02. The summed E-state index contributed by atoms with van der Waals surface area (Å²) in [4.78, 5) is 11.8. The highest BCUT2D eigenvalue weighted by Crippen LogP contribution is 2.19. The lowest BCUT2D eigenvalue weighted by atomic mass is 10.2. The molecule has 1 fully saturated rings. The minimum atomic E-state index is -0.235. The van der Waals surface area contributed by atoms with Crippen LogP contribution in [0.25, 0.3) is 0 Å². The van der Waals surface area contributed by atoms with E-state index in [1.165, 1.54) is 0 Å². The van der Waals surface area contributed by atoms with E-state index in [9.17, 15) is 4.79 Å². The van der Waals surface area contributed by atoms with Crippen molar-refractivity contribution in [2.24, 2.45) is 0 Å². The van der Waals surface area contributed by atoms with Crippen LogP contribution in [0.2, 0.25) is 0 Å². The van der Waals surface area contributed by atoms with Crippen molar-refractivity contribution in [1.29, 1.82) is 0 Å². The molecule has 0 saturated carbocycles. The predicted octanol–water partition coefficient (Wildman–Crippen LogP) is 2.17. The molecule has 3 rings (SSSR count). The van der Waals surface area contributed by atoms with E-state index in [1.807, 2.05) is 41.2 Å². The average Bonchev–Trinajstić information content (AvgIpc) is 3.17. The number of hydrogen-bond acceptors (Lipinski definition) is 3. The Morgan fingerprint density at radius 1 is 1.38 bits per heavy atom. The van der Waals surface area contributed by atoms with Crippen LogP contribution in [0.15, 0.2) is 42.7 Å². The molecular formula is C15H18N4O2. The van der Waals surface area contributed by atoms with Crippen molar-refractivity contribution in [1.82, 2.24) is 15.1 Å². The van der Waals surface area contributed by atoms with Gasteiger partial charge in [0.15, 0.2) is 0 Å². The first kappa shape index (κ1) is 13.6. The Labute approximate surface area is 123 Å². The second-order valence-corrected chi connectivity index (χ2v) is 5.02. The van der Waals surface area contributed by atoms with Gasteiger partial charge in [0.25, 0.3) is 0 Å². The van der Waals surface area contributed by atoms with E-state index < -0.39 is 0 Å². The summed E-state index contributed by atoms with van der Waals surface area (Å²) in [7, 11) is 0. The van der Waals surface area contributed by atoms with Crippen LogP contribution in [0.5, 0.6) is 0 Å². The van der Waals surface area contributed by atoms with Gasteiger partial charge in [0.05, 0.1) is 24.5 Å². The van der Waals surface area contributed by atoms with Gasteiger partial charge in [-0.3, -0.25) is 4.68 Å². The third-order valence-corrected chi connectivity index (χ3v) is 3.44. The zero-order valence-electron chi connectivity index (χ0n) is 11.7. The summed E-state index contributed by atoms with van der Waals surface area (Å²) in [6.45, 7) is 1.95. The first-order chi connectivity index (χ1) is 10.3. The number of amides is 2. The van der Waals surface area contributed by atoms with Gasteiger partial charge in [0.1, 0.15) is 0 Å². The molecule has 0 aliphatic carbocycles. The van der Waals surface area contributed by atoms with Gasteiger partial charge < -0.3 is 15.4 Å². The third kappa shape index (κ3) is 3.61. The quantitative estimate of drug-likeness (QED) is 0.905. The van der Waals surface area contributed by atoms with Gasteiger partial charge in [-0.2, -0.15) is 5.10 Å². The lowest BCUT2D eigenvalue weighted by Crippen LogP contribution is -2.28. The summed E-state index contributed by atoms with van der Waals surface area (Å²) in [6, 6.07) is 9.82. The maximum atomic E-state index is 11.8. The van der Waals surface area contributed by atoms with Gasteiger partial charge in [-0.05, 0) is 12.0 Å². The normalized spacial score (nSPS) is 17.6. The number of ether oxygens (including phenoxy) is 1. The molecule has 1 aromatic carbocycles. The molecule has 2 N–H and O–H groups in total. The van der Waals surface area contributed by atoms with Gasteiger partial charge >= 0.3 is 6.03 Å². The van der Waals surface area contributed by atoms with Crippen LogP contribution in [-0.2, 0) is 11.3 Å². The highest BCUT2D eigenvalue weighted by molar-refractivity contribution is 5.88. The van der Waals surface area contributed by atoms with E-state index in [-0.39, 0.29) is 12.1 Å². The van der Waals surface area contributed by atoms with E-state index in [2.05, 4.69) is 15.7 Å². The van der Waals surface area contributed by atoms with E-state index in [4.69, 9.17) is 4.74 Å². The van der Waals surface area contributed by atoms with Crippen LogP contribution < -0.4 is 10.6 Å². The molecule has 21 heavy (non-hydrogen) atoms. The molecular weight excluding hydrogens is 268 g/mol. The molecule has 1 aliphatic rings. The molecule has 2 heterocycles. The Hall–Kier alpha value is -2.34. The molecule has 110 valence electrons. The number of carbonyl (C=O) groups is 1. The molecule has 1 aromatic heterocycles. The van der Waals surface area contributed by atoms with E-state index in [0.717, 1.165) is 18.6 Å². The van der Waals surface area contributed by atoms with E-state index >= 15 is 0 Å². The standard InChI is InChI=1S/C15H18N4O2/c20-15(16-8-12-4-2-1-3-5-12)18-13-9-17-19(10-13)14-6-7-21-11-14/h1-5,9-10,14H,6-8,11H2,(H2,16,18,20)/t14-/m1/s1. The summed E-state index contributed by atoms with van der Waals surface area (Å²) in [6.07, 6.45) is 4.45. The molecule has 2 amide bonds. The van der Waals surface area contributed by atoms with Crippen molar-refractivity contribution in [2.75, 3.05) is 18.5 Å². The van der Waals surface area contributed by atoms with Crippen LogP contribution in [0, 0.1) is 0 Å². The first-order valence-corrected chi connectivity index (χ1v) is 7.02. The maximum absolute atomic E-state index is 11.8. The van der Waals surface area contributed by atoms with Crippen molar-refractivity contribution in [3.8, 4) is 0 Å². The topological polar surface area (TPSA) is 68.2 Å². The van der Waals surface area contributed by atoms with Crippen LogP contribution in [0.3, 0.4) is 0 Å².